The van der Waals surface area contributed by atoms with E-state index in [1.54, 1.807) is 0 Å². The number of allylic oxidation sites excluding steroid dienone is 5. The molecule has 2 aromatic rings. The van der Waals surface area contributed by atoms with E-state index >= 15 is 0 Å². The van der Waals surface area contributed by atoms with Crippen molar-refractivity contribution in [1.29, 1.82) is 0 Å². The van der Waals surface area contributed by atoms with Crippen molar-refractivity contribution in [3.05, 3.63) is 86.5 Å². The molecule has 0 N–H and O–H groups in total. The molecule has 1 nitrogen and oxygen atoms in total. The zero-order valence-corrected chi connectivity index (χ0v) is 17.5. The third-order valence-corrected chi connectivity index (χ3v) is 7.05. The van der Waals surface area contributed by atoms with Crippen LogP contribution in [0.2, 0.25) is 0 Å². The van der Waals surface area contributed by atoms with Crippen molar-refractivity contribution in [3.63, 3.8) is 0 Å². The fourth-order valence-electron chi connectivity index (χ4n) is 5.13. The van der Waals surface area contributed by atoms with Crippen molar-refractivity contribution in [2.75, 3.05) is 0 Å². The quantitative estimate of drug-likeness (QED) is 0.539. The predicted molar refractivity (Wildman–Crippen MR) is 120 cm³/mol. The Morgan fingerprint density at radius 1 is 0.893 bits per heavy atom. The Labute approximate surface area is 168 Å². The van der Waals surface area contributed by atoms with Crippen molar-refractivity contribution < 1.29 is 0 Å². The van der Waals surface area contributed by atoms with E-state index in [2.05, 4.69) is 77.1 Å². The zero-order valence-electron chi connectivity index (χ0n) is 17.5. The first kappa shape index (κ1) is 17.4. The van der Waals surface area contributed by atoms with Gasteiger partial charge in [0.1, 0.15) is 0 Å². The Bertz CT molecular complexity index is 1150. The fourth-order valence-corrected chi connectivity index (χ4v) is 5.13. The van der Waals surface area contributed by atoms with Gasteiger partial charge in [-0.3, -0.25) is 0 Å². The van der Waals surface area contributed by atoms with Crippen LogP contribution >= 0.6 is 0 Å². The summed E-state index contributed by atoms with van der Waals surface area (Å²) in [5, 5.41) is 0. The molecule has 140 valence electrons. The van der Waals surface area contributed by atoms with E-state index in [0.29, 0.717) is 5.92 Å². The number of aliphatic imine (C=N–C) groups is 1. The summed E-state index contributed by atoms with van der Waals surface area (Å²) < 4.78 is 0. The van der Waals surface area contributed by atoms with Gasteiger partial charge in [0, 0.05) is 17.1 Å². The van der Waals surface area contributed by atoms with Gasteiger partial charge in [-0.05, 0) is 98.6 Å². The van der Waals surface area contributed by atoms with Crippen LogP contribution in [0.25, 0.3) is 11.6 Å². The van der Waals surface area contributed by atoms with Crippen molar-refractivity contribution in [1.82, 2.24) is 0 Å². The van der Waals surface area contributed by atoms with Gasteiger partial charge in [0.05, 0.1) is 11.4 Å². The van der Waals surface area contributed by atoms with Gasteiger partial charge in [0.2, 0.25) is 0 Å². The lowest BCUT2D eigenvalue weighted by Crippen LogP contribution is -2.01. The molecule has 1 aliphatic heterocycles. The highest BCUT2D eigenvalue weighted by Crippen LogP contribution is 2.46. The first-order valence-corrected chi connectivity index (χ1v) is 10.3. The van der Waals surface area contributed by atoms with Crippen molar-refractivity contribution in [2.45, 2.75) is 53.4 Å². The minimum atomic E-state index is 0.550. The summed E-state index contributed by atoms with van der Waals surface area (Å²) in [6.07, 6.45) is 4.64. The number of hydrogen-bond donors (Lipinski definition) is 0. The van der Waals surface area contributed by atoms with Gasteiger partial charge in [-0.1, -0.05) is 35.9 Å². The van der Waals surface area contributed by atoms with Crippen LogP contribution in [-0.4, -0.2) is 5.71 Å². The Morgan fingerprint density at radius 3 is 2.50 bits per heavy atom. The smallest absolute Gasteiger partial charge is 0.0750 e. The molecule has 1 heterocycles. The molecule has 1 unspecified atom stereocenters. The second-order valence-electron chi connectivity index (χ2n) is 8.61. The summed E-state index contributed by atoms with van der Waals surface area (Å²) in [5.41, 5.74) is 16.4. The fraction of sp³-hybridized carbons (Fsp3) is 0.296. The Balaban J connectivity index is 1.45. The van der Waals surface area contributed by atoms with E-state index in [0.717, 1.165) is 12.1 Å². The van der Waals surface area contributed by atoms with E-state index in [1.807, 2.05) is 0 Å². The summed E-state index contributed by atoms with van der Waals surface area (Å²) in [4.78, 5) is 4.97. The minimum absolute atomic E-state index is 0.550. The lowest BCUT2D eigenvalue weighted by molar-refractivity contribution is 0.712. The molecule has 3 aliphatic rings. The summed E-state index contributed by atoms with van der Waals surface area (Å²) in [5.74, 6) is 0.550. The van der Waals surface area contributed by atoms with Crippen LogP contribution in [0.3, 0.4) is 0 Å². The highest BCUT2D eigenvalue weighted by molar-refractivity contribution is 6.39. The van der Waals surface area contributed by atoms with Crippen molar-refractivity contribution >= 4 is 23.0 Å². The minimum Gasteiger partial charge on any atom is -0.247 e. The van der Waals surface area contributed by atoms with Crippen LogP contribution < -0.4 is 0 Å². The highest BCUT2D eigenvalue weighted by atomic mass is 14.8. The van der Waals surface area contributed by atoms with E-state index < -0.39 is 0 Å². The molecule has 1 heteroatoms. The second-order valence-corrected chi connectivity index (χ2v) is 8.61. The average molecular weight is 366 g/mol. The van der Waals surface area contributed by atoms with E-state index in [1.165, 1.54) is 67.8 Å². The van der Waals surface area contributed by atoms with Crippen LogP contribution in [0, 0.1) is 6.92 Å². The maximum atomic E-state index is 4.97. The lowest BCUT2D eigenvalue weighted by atomic mass is 9.88. The van der Waals surface area contributed by atoms with Gasteiger partial charge in [0.15, 0.2) is 0 Å². The maximum Gasteiger partial charge on any atom is 0.0750 e. The molecule has 5 rings (SSSR count). The molecule has 0 spiro atoms. The van der Waals surface area contributed by atoms with E-state index in [-0.39, 0.29) is 0 Å². The van der Waals surface area contributed by atoms with Crippen LogP contribution in [0.1, 0.15) is 67.9 Å². The SMILES string of the molecule is CC1=Cc2ccccc2C1CCc1cc2c(cc1C)N=C1C(C)=C(C)C(C)=C12. The van der Waals surface area contributed by atoms with Crippen molar-refractivity contribution in [2.24, 2.45) is 4.99 Å². The molecule has 0 aromatic heterocycles. The van der Waals surface area contributed by atoms with Crippen LogP contribution in [0.15, 0.2) is 63.7 Å². The third kappa shape index (κ3) is 2.42. The Morgan fingerprint density at radius 2 is 1.68 bits per heavy atom. The number of aryl methyl sites for hydroxylation is 2. The summed E-state index contributed by atoms with van der Waals surface area (Å²) in [6, 6.07) is 13.6. The molecule has 2 aromatic carbocycles. The highest BCUT2D eigenvalue weighted by Gasteiger charge is 2.31. The topological polar surface area (TPSA) is 12.4 Å². The molecule has 0 radical (unpaired) electrons. The maximum absolute atomic E-state index is 4.97. The van der Waals surface area contributed by atoms with Crippen LogP contribution in [0.5, 0.6) is 0 Å². The third-order valence-electron chi connectivity index (χ3n) is 7.05. The Kier molecular flexibility index (Phi) is 3.84. The largest absolute Gasteiger partial charge is 0.247 e. The zero-order chi connectivity index (χ0) is 19.6. The lowest BCUT2D eigenvalue weighted by Gasteiger charge is -2.16. The second kappa shape index (κ2) is 6.17. The first-order chi connectivity index (χ1) is 13.5. The van der Waals surface area contributed by atoms with Crippen molar-refractivity contribution in [3.8, 4) is 0 Å². The van der Waals surface area contributed by atoms with Gasteiger partial charge < -0.3 is 0 Å². The molecule has 28 heavy (non-hydrogen) atoms. The monoisotopic (exact) mass is 365 g/mol. The Hall–Kier alpha value is -2.67. The molecule has 0 bridgehead atoms. The number of rotatable bonds is 3. The van der Waals surface area contributed by atoms with E-state index in [4.69, 9.17) is 4.99 Å². The van der Waals surface area contributed by atoms with Crippen LogP contribution in [0.4, 0.5) is 5.69 Å². The van der Waals surface area contributed by atoms with Gasteiger partial charge >= 0.3 is 0 Å². The number of benzene rings is 2. The molecule has 0 saturated carbocycles. The standard InChI is InChI=1S/C27H27N/c1-15-13-25-24(26-18(4)17(3)19(5)27(26)28-25)14-20(15)10-11-22-16(2)12-21-8-6-7-9-23(21)22/h6-9,12-14,22H,10-11H2,1-5H3. The van der Waals surface area contributed by atoms with Gasteiger partial charge in [-0.2, -0.15) is 0 Å². The molecule has 1 atom stereocenters. The van der Waals surface area contributed by atoms with E-state index in [9.17, 15) is 0 Å². The van der Waals surface area contributed by atoms with Gasteiger partial charge in [-0.15, -0.1) is 0 Å². The predicted octanol–water partition coefficient (Wildman–Crippen LogP) is 7.34. The average Bonchev–Trinajstić information content (AvgIpc) is 3.26. The summed E-state index contributed by atoms with van der Waals surface area (Å²) in [7, 11) is 0. The number of fused-ring (bicyclic) bond motifs is 4. The molecule has 0 fully saturated rings. The van der Waals surface area contributed by atoms with Gasteiger partial charge in [0.25, 0.3) is 0 Å². The molecule has 0 amide bonds. The van der Waals surface area contributed by atoms with Crippen LogP contribution in [-0.2, 0) is 6.42 Å². The molecule has 0 saturated heterocycles. The normalized spacial score (nSPS) is 19.7. The number of hydrogen-bond acceptors (Lipinski definition) is 1. The number of nitrogens with zero attached hydrogens (tertiary/aromatic N) is 1. The van der Waals surface area contributed by atoms with Gasteiger partial charge in [-0.25, -0.2) is 4.99 Å². The molecular weight excluding hydrogens is 338 g/mol. The summed E-state index contributed by atoms with van der Waals surface area (Å²) in [6.45, 7) is 11.2. The first-order valence-electron chi connectivity index (χ1n) is 10.3. The summed E-state index contributed by atoms with van der Waals surface area (Å²) >= 11 is 0. The molecule has 2 aliphatic carbocycles. The molecular formula is C27H27N.